The molecule has 0 saturated carbocycles. The van der Waals surface area contributed by atoms with E-state index in [9.17, 15) is 9.90 Å². The normalized spacial score (nSPS) is 10.7. The summed E-state index contributed by atoms with van der Waals surface area (Å²) < 4.78 is 4.89. The maximum absolute atomic E-state index is 11.2. The molecule has 0 saturated heterocycles. The predicted molar refractivity (Wildman–Crippen MR) is 75.1 cm³/mol. The molecular weight excluding hydrogens is 272 g/mol. The highest BCUT2D eigenvalue weighted by atomic mass is 16.5. The molecule has 0 spiro atoms. The van der Waals surface area contributed by atoms with Gasteiger partial charge in [0.15, 0.2) is 5.82 Å². The van der Waals surface area contributed by atoms with Crippen LogP contribution in [0.3, 0.4) is 0 Å². The van der Waals surface area contributed by atoms with Gasteiger partial charge in [0.2, 0.25) is 5.89 Å². The number of nitrogens with zero attached hydrogens (tertiary/aromatic N) is 3. The lowest BCUT2D eigenvalue weighted by molar-refractivity contribution is 0.0698. The Labute approximate surface area is 119 Å². The monoisotopic (exact) mass is 284 g/mol. The Bertz CT molecular complexity index is 813. The molecule has 2 aromatic heterocycles. The first kappa shape index (κ1) is 13.0. The van der Waals surface area contributed by atoms with Crippen molar-refractivity contribution in [2.45, 2.75) is 13.5 Å². The average molecular weight is 284 g/mol. The van der Waals surface area contributed by atoms with Crippen molar-refractivity contribution in [3.05, 3.63) is 47.7 Å². The Kier molecular flexibility index (Phi) is 3.23. The number of hydrogen-bond acceptors (Lipinski definition) is 6. The fourth-order valence-corrected chi connectivity index (χ4v) is 2.08. The predicted octanol–water partition coefficient (Wildman–Crippen LogP) is 2.24. The molecule has 0 amide bonds. The van der Waals surface area contributed by atoms with E-state index < -0.39 is 5.97 Å². The van der Waals surface area contributed by atoms with Gasteiger partial charge in [0.1, 0.15) is 5.82 Å². The van der Waals surface area contributed by atoms with Gasteiger partial charge in [-0.3, -0.25) is 0 Å². The summed E-state index contributed by atoms with van der Waals surface area (Å²) in [7, 11) is 0. The SMILES string of the molecule is Cc1nc(CNc2ncc(C(=O)O)c3ccccc23)no1. The smallest absolute Gasteiger partial charge is 0.337 e. The van der Waals surface area contributed by atoms with E-state index in [-0.39, 0.29) is 5.56 Å². The summed E-state index contributed by atoms with van der Waals surface area (Å²) in [5.74, 6) is 0.587. The fraction of sp³-hybridized carbons (Fsp3) is 0.143. The Morgan fingerprint density at radius 3 is 2.76 bits per heavy atom. The van der Waals surface area contributed by atoms with E-state index in [1.165, 1.54) is 6.20 Å². The highest BCUT2D eigenvalue weighted by Gasteiger charge is 2.12. The first-order valence-electron chi connectivity index (χ1n) is 6.29. The Balaban J connectivity index is 1.96. The molecule has 3 aromatic rings. The number of pyridine rings is 1. The molecule has 2 N–H and O–H groups in total. The second kappa shape index (κ2) is 5.20. The summed E-state index contributed by atoms with van der Waals surface area (Å²) in [5.41, 5.74) is 0.173. The zero-order valence-corrected chi connectivity index (χ0v) is 11.2. The van der Waals surface area contributed by atoms with E-state index >= 15 is 0 Å². The van der Waals surface area contributed by atoms with Crippen molar-refractivity contribution in [3.63, 3.8) is 0 Å². The van der Waals surface area contributed by atoms with Crippen molar-refractivity contribution in [1.29, 1.82) is 0 Å². The molecular formula is C14H12N4O3. The van der Waals surface area contributed by atoms with Crippen molar-refractivity contribution in [3.8, 4) is 0 Å². The molecule has 3 rings (SSSR count). The summed E-state index contributed by atoms with van der Waals surface area (Å²) in [6.07, 6.45) is 1.34. The van der Waals surface area contributed by atoms with Crippen molar-refractivity contribution in [1.82, 2.24) is 15.1 Å². The van der Waals surface area contributed by atoms with Crippen molar-refractivity contribution >= 4 is 22.6 Å². The van der Waals surface area contributed by atoms with Crippen LogP contribution in [-0.4, -0.2) is 26.2 Å². The number of aromatic nitrogens is 3. The molecule has 21 heavy (non-hydrogen) atoms. The largest absolute Gasteiger partial charge is 0.478 e. The lowest BCUT2D eigenvalue weighted by Gasteiger charge is -2.09. The molecule has 0 bridgehead atoms. The molecule has 7 nitrogen and oxygen atoms in total. The minimum absolute atomic E-state index is 0.173. The number of nitrogens with one attached hydrogen (secondary N) is 1. The van der Waals surface area contributed by atoms with Gasteiger partial charge in [0.05, 0.1) is 12.1 Å². The minimum atomic E-state index is -1.00. The molecule has 2 heterocycles. The summed E-state index contributed by atoms with van der Waals surface area (Å²) in [6.45, 7) is 2.06. The molecule has 0 atom stereocenters. The summed E-state index contributed by atoms with van der Waals surface area (Å²) in [6, 6.07) is 7.20. The van der Waals surface area contributed by atoms with Crippen LogP contribution >= 0.6 is 0 Å². The summed E-state index contributed by atoms with van der Waals surface area (Å²) in [5, 5.41) is 17.4. The first-order valence-corrected chi connectivity index (χ1v) is 6.29. The van der Waals surface area contributed by atoms with E-state index in [4.69, 9.17) is 4.52 Å². The van der Waals surface area contributed by atoms with Gasteiger partial charge in [0, 0.05) is 23.9 Å². The third-order valence-corrected chi connectivity index (χ3v) is 3.01. The van der Waals surface area contributed by atoms with Crippen LogP contribution in [0, 0.1) is 6.92 Å². The van der Waals surface area contributed by atoms with Gasteiger partial charge in [-0.25, -0.2) is 9.78 Å². The number of carboxylic acids is 1. The topological polar surface area (TPSA) is 101 Å². The molecule has 0 aliphatic heterocycles. The van der Waals surface area contributed by atoms with E-state index in [0.29, 0.717) is 29.5 Å². The fourth-order valence-electron chi connectivity index (χ4n) is 2.08. The molecule has 0 radical (unpaired) electrons. The van der Waals surface area contributed by atoms with Gasteiger partial charge in [-0.15, -0.1) is 0 Å². The van der Waals surface area contributed by atoms with Gasteiger partial charge >= 0.3 is 5.97 Å². The Morgan fingerprint density at radius 1 is 1.33 bits per heavy atom. The summed E-state index contributed by atoms with van der Waals surface area (Å²) >= 11 is 0. The van der Waals surface area contributed by atoms with Gasteiger partial charge in [-0.1, -0.05) is 29.4 Å². The van der Waals surface area contributed by atoms with Crippen molar-refractivity contribution in [2.75, 3.05) is 5.32 Å². The third-order valence-electron chi connectivity index (χ3n) is 3.01. The molecule has 106 valence electrons. The van der Waals surface area contributed by atoms with Crippen LogP contribution < -0.4 is 5.32 Å². The van der Waals surface area contributed by atoms with Crippen LogP contribution in [0.1, 0.15) is 22.1 Å². The van der Waals surface area contributed by atoms with E-state index in [1.54, 1.807) is 19.1 Å². The van der Waals surface area contributed by atoms with Gasteiger partial charge in [-0.2, -0.15) is 4.98 Å². The highest BCUT2D eigenvalue weighted by Crippen LogP contribution is 2.24. The second-order valence-electron chi connectivity index (χ2n) is 4.45. The summed E-state index contributed by atoms with van der Waals surface area (Å²) in [4.78, 5) is 19.5. The minimum Gasteiger partial charge on any atom is -0.478 e. The van der Waals surface area contributed by atoms with Crippen LogP contribution in [0.15, 0.2) is 35.0 Å². The third kappa shape index (κ3) is 2.53. The van der Waals surface area contributed by atoms with Gasteiger partial charge < -0.3 is 14.9 Å². The maximum atomic E-state index is 11.2. The Hall–Kier alpha value is -2.96. The number of aryl methyl sites for hydroxylation is 1. The number of anilines is 1. The molecule has 7 heteroatoms. The van der Waals surface area contributed by atoms with Crippen LogP contribution in [-0.2, 0) is 6.54 Å². The number of carboxylic acid groups (broad SMARTS) is 1. The number of rotatable bonds is 4. The standard InChI is InChI=1S/C14H12N4O3/c1-8-17-12(18-21-8)7-16-13-10-5-3-2-4-9(10)11(6-15-13)14(19)20/h2-6H,7H2,1H3,(H,15,16)(H,19,20). The first-order chi connectivity index (χ1) is 10.1. The lowest BCUT2D eigenvalue weighted by atomic mass is 10.1. The molecule has 0 aliphatic rings. The highest BCUT2D eigenvalue weighted by molar-refractivity contribution is 6.06. The number of aromatic carboxylic acids is 1. The second-order valence-corrected chi connectivity index (χ2v) is 4.45. The number of fused-ring (bicyclic) bond motifs is 1. The average Bonchev–Trinajstić information content (AvgIpc) is 2.90. The van der Waals surface area contributed by atoms with Crippen LogP contribution in [0.5, 0.6) is 0 Å². The lowest BCUT2D eigenvalue weighted by Crippen LogP contribution is -2.06. The number of carbonyl (C=O) groups is 1. The maximum Gasteiger partial charge on any atom is 0.337 e. The zero-order valence-electron chi connectivity index (χ0n) is 11.2. The van der Waals surface area contributed by atoms with E-state index in [1.807, 2.05) is 12.1 Å². The molecule has 1 aromatic carbocycles. The molecule has 0 fully saturated rings. The zero-order chi connectivity index (χ0) is 14.8. The number of benzene rings is 1. The van der Waals surface area contributed by atoms with Crippen LogP contribution in [0.4, 0.5) is 5.82 Å². The van der Waals surface area contributed by atoms with Gasteiger partial charge in [0.25, 0.3) is 0 Å². The van der Waals surface area contributed by atoms with Crippen LogP contribution in [0.25, 0.3) is 10.8 Å². The van der Waals surface area contributed by atoms with Crippen LogP contribution in [0.2, 0.25) is 0 Å². The quantitative estimate of drug-likeness (QED) is 0.757. The van der Waals surface area contributed by atoms with Gasteiger partial charge in [-0.05, 0) is 0 Å². The molecule has 0 aliphatic carbocycles. The van der Waals surface area contributed by atoms with E-state index in [0.717, 1.165) is 5.39 Å². The number of hydrogen-bond donors (Lipinski definition) is 2. The van der Waals surface area contributed by atoms with Crippen molar-refractivity contribution < 1.29 is 14.4 Å². The Morgan fingerprint density at radius 2 is 2.10 bits per heavy atom. The molecule has 0 unspecified atom stereocenters. The van der Waals surface area contributed by atoms with E-state index in [2.05, 4.69) is 20.4 Å². The van der Waals surface area contributed by atoms with Crippen molar-refractivity contribution in [2.24, 2.45) is 0 Å².